The predicted octanol–water partition coefficient (Wildman–Crippen LogP) is 18.0. The average molecular weight is 787 g/mol. The summed E-state index contributed by atoms with van der Waals surface area (Å²) in [5.74, 6) is 0. The van der Waals surface area contributed by atoms with Gasteiger partial charge in [-0.05, 0) is 132 Å². The average Bonchev–Trinajstić information content (AvgIpc) is 3.99. The summed E-state index contributed by atoms with van der Waals surface area (Å²) in [7, 11) is 0. The maximum atomic E-state index is 2.55. The van der Waals surface area contributed by atoms with Crippen LogP contribution in [-0.4, -0.2) is 0 Å². The molecule has 0 bridgehead atoms. The van der Waals surface area contributed by atoms with Crippen LogP contribution in [0.25, 0.3) is 82.8 Å². The van der Waals surface area contributed by atoms with E-state index in [1.807, 2.05) is 68.0 Å². The van der Waals surface area contributed by atoms with Crippen molar-refractivity contribution in [2.45, 2.75) is 79.1 Å². The molecule has 3 aromatic carbocycles. The zero-order valence-electron chi connectivity index (χ0n) is 30.2. The van der Waals surface area contributed by atoms with Crippen LogP contribution in [-0.2, 0) is 0 Å². The SMILES string of the molecule is CCC/C(=C(\CCC)c1cc2c(ccc3sc(/C(CCC)=C(/CCC)c4cc5c(ccc6sccc65)s4)cc32)s1)c1cc2c(ccc3sccc32)s1. The van der Waals surface area contributed by atoms with Crippen molar-refractivity contribution in [3.63, 3.8) is 0 Å². The smallest absolute Gasteiger partial charge is 0.0356 e. The fraction of sp³-hybridized carbons (Fsp3) is 0.261. The van der Waals surface area contributed by atoms with Crippen molar-refractivity contribution in [3.05, 3.63) is 103 Å². The summed E-state index contributed by atoms with van der Waals surface area (Å²) in [4.78, 5) is 5.83. The molecule has 6 heterocycles. The second-order valence-electron chi connectivity index (χ2n) is 13.9. The molecule has 0 fully saturated rings. The van der Waals surface area contributed by atoms with Crippen LogP contribution in [0.3, 0.4) is 0 Å². The van der Waals surface area contributed by atoms with Gasteiger partial charge in [0.2, 0.25) is 0 Å². The third-order valence-electron chi connectivity index (χ3n) is 10.4. The molecule has 0 N–H and O–H groups in total. The largest absolute Gasteiger partial charge is 0.144 e. The molecule has 0 saturated heterocycles. The Morgan fingerprint density at radius 3 is 0.904 bits per heavy atom. The normalized spacial score (nSPS) is 13.5. The van der Waals surface area contributed by atoms with E-state index in [2.05, 4.69) is 111 Å². The maximum Gasteiger partial charge on any atom is 0.0356 e. The summed E-state index contributed by atoms with van der Waals surface area (Å²) in [6.45, 7) is 9.36. The molecule has 52 heavy (non-hydrogen) atoms. The van der Waals surface area contributed by atoms with Gasteiger partial charge in [-0.3, -0.25) is 0 Å². The molecular formula is C46H42S6. The lowest BCUT2D eigenvalue weighted by atomic mass is 9.95. The topological polar surface area (TPSA) is 0 Å². The number of thiophene rings is 6. The van der Waals surface area contributed by atoms with Crippen LogP contribution in [0.4, 0.5) is 0 Å². The Morgan fingerprint density at radius 2 is 0.615 bits per heavy atom. The van der Waals surface area contributed by atoms with E-state index < -0.39 is 0 Å². The molecule has 0 aliphatic carbocycles. The first kappa shape index (κ1) is 34.7. The van der Waals surface area contributed by atoms with Gasteiger partial charge in [-0.2, -0.15) is 0 Å². The molecule has 0 aliphatic rings. The van der Waals surface area contributed by atoms with Gasteiger partial charge in [0.15, 0.2) is 0 Å². The standard InChI is InChI=1S/C46H42S6/c1-5-9-27(43-23-33-31-19-21-47-37(31)13-15-39(33)49-43)29(11-7-3)45-25-35-36-26-46(52-42(36)18-17-41(35)51-45)30(12-8-4)28(10-6-2)44-24-34-32-20-22-48-38(32)14-16-40(34)50-44/h13-26H,5-12H2,1-4H3/b29-27-,30-28-. The van der Waals surface area contributed by atoms with Crippen molar-refractivity contribution in [2.24, 2.45) is 0 Å². The van der Waals surface area contributed by atoms with E-state index in [0.717, 1.165) is 51.4 Å². The second kappa shape index (κ2) is 14.6. The van der Waals surface area contributed by atoms with Crippen molar-refractivity contribution in [3.8, 4) is 0 Å². The molecule has 262 valence electrons. The van der Waals surface area contributed by atoms with Gasteiger partial charge in [-0.15, -0.1) is 68.0 Å². The quantitative estimate of drug-likeness (QED) is 0.116. The molecule has 0 amide bonds. The summed E-state index contributed by atoms with van der Waals surface area (Å²) in [5, 5.41) is 13.0. The summed E-state index contributed by atoms with van der Waals surface area (Å²) in [5.41, 5.74) is 6.23. The van der Waals surface area contributed by atoms with Crippen molar-refractivity contribution >= 4 is 151 Å². The van der Waals surface area contributed by atoms with E-state index in [9.17, 15) is 0 Å². The highest BCUT2D eigenvalue weighted by Crippen LogP contribution is 2.48. The van der Waals surface area contributed by atoms with Crippen molar-refractivity contribution in [1.82, 2.24) is 0 Å². The minimum absolute atomic E-state index is 1.11. The first-order valence-corrected chi connectivity index (χ1v) is 23.8. The number of allylic oxidation sites excluding steroid dienone is 4. The number of hydrogen-bond acceptors (Lipinski definition) is 6. The van der Waals surface area contributed by atoms with E-state index >= 15 is 0 Å². The third-order valence-corrected chi connectivity index (χ3v) is 16.8. The molecule has 9 aromatic rings. The lowest BCUT2D eigenvalue weighted by molar-refractivity contribution is 0.949. The zero-order chi connectivity index (χ0) is 35.3. The molecule has 6 heteroatoms. The number of benzene rings is 3. The minimum atomic E-state index is 1.11. The van der Waals surface area contributed by atoms with Crippen LogP contribution in [0.5, 0.6) is 0 Å². The lowest BCUT2D eigenvalue weighted by Crippen LogP contribution is -1.90. The highest BCUT2D eigenvalue weighted by molar-refractivity contribution is 7.23. The van der Waals surface area contributed by atoms with Crippen LogP contribution >= 0.6 is 68.0 Å². The fourth-order valence-corrected chi connectivity index (χ4v) is 14.4. The fourth-order valence-electron chi connectivity index (χ4n) is 8.04. The number of rotatable bonds is 12. The zero-order valence-corrected chi connectivity index (χ0v) is 35.1. The van der Waals surface area contributed by atoms with E-state index in [1.54, 1.807) is 22.3 Å². The molecule has 0 unspecified atom stereocenters. The third kappa shape index (κ3) is 6.04. The molecule has 9 rings (SSSR count). The molecule has 0 radical (unpaired) electrons. The molecule has 0 aliphatic heterocycles. The highest BCUT2D eigenvalue weighted by atomic mass is 32.1. The van der Waals surface area contributed by atoms with Crippen LogP contribution in [0.1, 0.15) is 98.6 Å². The van der Waals surface area contributed by atoms with Gasteiger partial charge in [0, 0.05) is 80.0 Å². The number of hydrogen-bond donors (Lipinski definition) is 0. The molecular weight excluding hydrogens is 745 g/mol. The second-order valence-corrected chi connectivity index (χ2v) is 20.1. The van der Waals surface area contributed by atoms with Crippen molar-refractivity contribution in [2.75, 3.05) is 0 Å². The van der Waals surface area contributed by atoms with Crippen molar-refractivity contribution in [1.29, 1.82) is 0 Å². The van der Waals surface area contributed by atoms with Crippen LogP contribution in [0.2, 0.25) is 0 Å². The Hall–Kier alpha value is -3.10. The van der Waals surface area contributed by atoms with Gasteiger partial charge in [-0.25, -0.2) is 0 Å². The highest BCUT2D eigenvalue weighted by Gasteiger charge is 2.20. The Balaban J connectivity index is 1.18. The van der Waals surface area contributed by atoms with Gasteiger partial charge >= 0.3 is 0 Å². The van der Waals surface area contributed by atoms with E-state index in [-0.39, 0.29) is 0 Å². The monoisotopic (exact) mass is 786 g/mol. The van der Waals surface area contributed by atoms with Crippen molar-refractivity contribution < 1.29 is 0 Å². The van der Waals surface area contributed by atoms with Crippen LogP contribution in [0.15, 0.2) is 83.6 Å². The lowest BCUT2D eigenvalue weighted by Gasteiger charge is -2.13. The summed E-state index contributed by atoms with van der Waals surface area (Å²) in [6, 6.07) is 28.8. The van der Waals surface area contributed by atoms with Crippen LogP contribution in [0, 0.1) is 0 Å². The van der Waals surface area contributed by atoms with Gasteiger partial charge < -0.3 is 0 Å². The van der Waals surface area contributed by atoms with Crippen LogP contribution < -0.4 is 0 Å². The molecule has 0 spiro atoms. The predicted molar refractivity (Wildman–Crippen MR) is 245 cm³/mol. The van der Waals surface area contributed by atoms with Gasteiger partial charge in [0.05, 0.1) is 0 Å². The Morgan fingerprint density at radius 1 is 0.346 bits per heavy atom. The van der Waals surface area contributed by atoms with E-state index in [0.29, 0.717) is 0 Å². The Kier molecular flexibility index (Phi) is 9.74. The summed E-state index contributed by atoms with van der Waals surface area (Å²) in [6.07, 6.45) is 9.05. The minimum Gasteiger partial charge on any atom is -0.144 e. The van der Waals surface area contributed by atoms with E-state index in [4.69, 9.17) is 0 Å². The molecule has 0 nitrogen and oxygen atoms in total. The molecule has 0 atom stereocenters. The Bertz CT molecular complexity index is 2600. The first-order chi connectivity index (χ1) is 25.6. The van der Waals surface area contributed by atoms with Gasteiger partial charge in [0.25, 0.3) is 0 Å². The molecule has 6 aromatic heterocycles. The maximum absolute atomic E-state index is 2.55. The summed E-state index contributed by atoms with van der Waals surface area (Å²) < 4.78 is 8.40. The Labute approximate surface area is 330 Å². The summed E-state index contributed by atoms with van der Waals surface area (Å²) >= 11 is 11.7. The number of fused-ring (bicyclic) bond motifs is 9. The molecule has 0 saturated carbocycles. The van der Waals surface area contributed by atoms with E-state index in [1.165, 1.54) is 80.0 Å². The van der Waals surface area contributed by atoms with Gasteiger partial charge in [-0.1, -0.05) is 53.4 Å². The van der Waals surface area contributed by atoms with Gasteiger partial charge in [0.1, 0.15) is 0 Å². The first-order valence-electron chi connectivity index (χ1n) is 18.8.